The second kappa shape index (κ2) is 3.98. The molecule has 0 aliphatic heterocycles. The Morgan fingerprint density at radius 2 is 1.78 bits per heavy atom. The van der Waals surface area contributed by atoms with E-state index in [9.17, 15) is 0 Å². The maximum Gasteiger partial charge on any atom is -0.00820 e. The predicted octanol–water partition coefficient (Wildman–Crippen LogP) is 4.93. The summed E-state index contributed by atoms with van der Waals surface area (Å²) in [6.07, 6.45) is 9.20. The number of fused-ring (bicyclic) bond motifs is 1. The molecule has 0 heterocycles. The summed E-state index contributed by atoms with van der Waals surface area (Å²) in [5.41, 5.74) is 7.66. The van der Waals surface area contributed by atoms with Gasteiger partial charge in [-0.3, -0.25) is 0 Å². The van der Waals surface area contributed by atoms with Gasteiger partial charge >= 0.3 is 0 Å². The van der Waals surface area contributed by atoms with E-state index in [4.69, 9.17) is 0 Å². The standard InChI is InChI=1S/C18H20/c1-18(2,3)17-10-6-9-16(17)15-12-11-13-7-4-5-8-14(13)15/h4-8,10,12H,9,11H2,1-3H3. The third-order valence-corrected chi connectivity index (χ3v) is 3.90. The van der Waals surface area contributed by atoms with Gasteiger partial charge in [-0.05, 0) is 46.1 Å². The Bertz CT molecular complexity index is 574. The smallest absolute Gasteiger partial charge is 0.00820 e. The van der Waals surface area contributed by atoms with Crippen molar-refractivity contribution in [2.75, 3.05) is 0 Å². The second-order valence-corrected chi connectivity index (χ2v) is 6.23. The molecule has 0 atom stereocenters. The maximum absolute atomic E-state index is 2.40. The molecule has 92 valence electrons. The molecule has 0 amide bonds. The number of hydrogen-bond donors (Lipinski definition) is 0. The fraction of sp³-hybridized carbons (Fsp3) is 0.333. The molecule has 0 aromatic heterocycles. The zero-order valence-electron chi connectivity index (χ0n) is 11.5. The van der Waals surface area contributed by atoms with Crippen molar-refractivity contribution in [3.05, 3.63) is 64.8 Å². The fourth-order valence-corrected chi connectivity index (χ4v) is 3.03. The third-order valence-electron chi connectivity index (χ3n) is 3.90. The van der Waals surface area contributed by atoms with E-state index >= 15 is 0 Å². The minimum absolute atomic E-state index is 0.237. The Hall–Kier alpha value is -1.56. The van der Waals surface area contributed by atoms with E-state index < -0.39 is 0 Å². The fourth-order valence-electron chi connectivity index (χ4n) is 3.03. The van der Waals surface area contributed by atoms with Crippen LogP contribution in [0, 0.1) is 5.41 Å². The molecule has 0 radical (unpaired) electrons. The van der Waals surface area contributed by atoms with Crippen molar-refractivity contribution >= 4 is 5.57 Å². The average Bonchev–Trinajstić information content (AvgIpc) is 2.93. The van der Waals surface area contributed by atoms with Crippen LogP contribution in [0.15, 0.2) is 53.6 Å². The maximum atomic E-state index is 2.40. The zero-order chi connectivity index (χ0) is 12.8. The van der Waals surface area contributed by atoms with E-state index in [1.165, 1.54) is 27.8 Å². The highest BCUT2D eigenvalue weighted by atomic mass is 14.3. The van der Waals surface area contributed by atoms with Gasteiger partial charge in [-0.25, -0.2) is 0 Å². The van der Waals surface area contributed by atoms with Crippen LogP contribution in [0.4, 0.5) is 0 Å². The molecule has 2 aliphatic rings. The Kier molecular flexibility index (Phi) is 2.55. The van der Waals surface area contributed by atoms with Crippen LogP contribution in [0.5, 0.6) is 0 Å². The van der Waals surface area contributed by atoms with Crippen LogP contribution < -0.4 is 0 Å². The van der Waals surface area contributed by atoms with E-state index in [1.54, 1.807) is 0 Å². The van der Waals surface area contributed by atoms with Gasteiger partial charge < -0.3 is 0 Å². The summed E-state index contributed by atoms with van der Waals surface area (Å²) in [5.74, 6) is 0. The molecule has 0 saturated heterocycles. The minimum Gasteiger partial charge on any atom is -0.0798 e. The summed E-state index contributed by atoms with van der Waals surface area (Å²) >= 11 is 0. The molecule has 0 nitrogen and oxygen atoms in total. The average molecular weight is 236 g/mol. The first-order chi connectivity index (χ1) is 8.57. The normalized spacial score (nSPS) is 18.3. The lowest BCUT2D eigenvalue weighted by Crippen LogP contribution is -2.09. The van der Waals surface area contributed by atoms with E-state index in [0.29, 0.717) is 0 Å². The monoisotopic (exact) mass is 236 g/mol. The van der Waals surface area contributed by atoms with Crippen molar-refractivity contribution in [1.29, 1.82) is 0 Å². The minimum atomic E-state index is 0.237. The van der Waals surface area contributed by atoms with E-state index in [2.05, 4.69) is 63.3 Å². The van der Waals surface area contributed by atoms with Crippen molar-refractivity contribution in [3.8, 4) is 0 Å². The molecule has 0 N–H and O–H groups in total. The van der Waals surface area contributed by atoms with Crippen molar-refractivity contribution in [3.63, 3.8) is 0 Å². The molecule has 3 rings (SSSR count). The molecule has 0 unspecified atom stereocenters. The highest BCUT2D eigenvalue weighted by Gasteiger charge is 2.26. The number of hydrogen-bond acceptors (Lipinski definition) is 0. The van der Waals surface area contributed by atoms with Crippen molar-refractivity contribution < 1.29 is 0 Å². The molecule has 18 heavy (non-hydrogen) atoms. The first-order valence-electron chi connectivity index (χ1n) is 6.76. The van der Waals surface area contributed by atoms with Gasteiger partial charge in [0.1, 0.15) is 0 Å². The van der Waals surface area contributed by atoms with E-state index in [0.717, 1.165) is 12.8 Å². The molecule has 1 aromatic carbocycles. The summed E-state index contributed by atoms with van der Waals surface area (Å²) in [4.78, 5) is 0. The quantitative estimate of drug-likeness (QED) is 0.648. The number of rotatable bonds is 1. The molecule has 1 aromatic rings. The molecular formula is C18H20. The van der Waals surface area contributed by atoms with Crippen molar-refractivity contribution in [1.82, 2.24) is 0 Å². The molecular weight excluding hydrogens is 216 g/mol. The van der Waals surface area contributed by atoms with Gasteiger partial charge in [-0.1, -0.05) is 63.3 Å². The van der Waals surface area contributed by atoms with Gasteiger partial charge in [0, 0.05) is 0 Å². The second-order valence-electron chi connectivity index (χ2n) is 6.23. The van der Waals surface area contributed by atoms with Crippen LogP contribution in [-0.4, -0.2) is 0 Å². The van der Waals surface area contributed by atoms with Gasteiger partial charge in [0.2, 0.25) is 0 Å². The van der Waals surface area contributed by atoms with Crippen molar-refractivity contribution in [2.45, 2.75) is 33.6 Å². The largest absolute Gasteiger partial charge is 0.0798 e. The lowest BCUT2D eigenvalue weighted by molar-refractivity contribution is 0.515. The van der Waals surface area contributed by atoms with Crippen LogP contribution in [0.25, 0.3) is 5.57 Å². The Morgan fingerprint density at radius 1 is 1.00 bits per heavy atom. The van der Waals surface area contributed by atoms with Gasteiger partial charge in [0.25, 0.3) is 0 Å². The number of benzene rings is 1. The molecule has 0 saturated carbocycles. The highest BCUT2D eigenvalue weighted by Crippen LogP contribution is 2.43. The van der Waals surface area contributed by atoms with Crippen LogP contribution in [0.2, 0.25) is 0 Å². The zero-order valence-corrected chi connectivity index (χ0v) is 11.5. The van der Waals surface area contributed by atoms with Crippen LogP contribution in [0.1, 0.15) is 38.3 Å². The van der Waals surface area contributed by atoms with Gasteiger partial charge in [-0.15, -0.1) is 0 Å². The SMILES string of the molecule is CC(C)(C)C1=C(C2=CCc3ccccc32)CC=C1. The Morgan fingerprint density at radius 3 is 2.56 bits per heavy atom. The summed E-state index contributed by atoms with van der Waals surface area (Å²) in [6.45, 7) is 6.91. The number of allylic oxidation sites excluding steroid dienone is 6. The molecule has 0 fully saturated rings. The molecule has 2 aliphatic carbocycles. The van der Waals surface area contributed by atoms with Gasteiger partial charge in [0.15, 0.2) is 0 Å². The van der Waals surface area contributed by atoms with E-state index in [-0.39, 0.29) is 5.41 Å². The lowest BCUT2D eigenvalue weighted by Gasteiger charge is -2.22. The molecule has 0 heteroatoms. The van der Waals surface area contributed by atoms with Gasteiger partial charge in [0.05, 0.1) is 0 Å². The van der Waals surface area contributed by atoms with Crippen LogP contribution >= 0.6 is 0 Å². The Labute approximate surface area is 110 Å². The lowest BCUT2D eigenvalue weighted by atomic mass is 9.82. The Balaban J connectivity index is 2.09. The summed E-state index contributed by atoms with van der Waals surface area (Å²) in [6, 6.07) is 8.80. The first kappa shape index (κ1) is 11.5. The van der Waals surface area contributed by atoms with E-state index in [1.807, 2.05) is 0 Å². The topological polar surface area (TPSA) is 0 Å². The summed E-state index contributed by atoms with van der Waals surface area (Å²) in [7, 11) is 0. The van der Waals surface area contributed by atoms with Gasteiger partial charge in [-0.2, -0.15) is 0 Å². The van der Waals surface area contributed by atoms with Crippen molar-refractivity contribution in [2.24, 2.45) is 5.41 Å². The van der Waals surface area contributed by atoms with Crippen LogP contribution in [-0.2, 0) is 6.42 Å². The summed E-state index contributed by atoms with van der Waals surface area (Å²) in [5, 5.41) is 0. The molecule has 0 spiro atoms. The summed E-state index contributed by atoms with van der Waals surface area (Å²) < 4.78 is 0. The highest BCUT2D eigenvalue weighted by molar-refractivity contribution is 5.86. The molecule has 0 bridgehead atoms. The van der Waals surface area contributed by atoms with Crippen LogP contribution in [0.3, 0.4) is 0 Å². The first-order valence-corrected chi connectivity index (χ1v) is 6.76. The third kappa shape index (κ3) is 1.77. The predicted molar refractivity (Wildman–Crippen MR) is 78.4 cm³/mol.